The van der Waals surface area contributed by atoms with Crippen LogP contribution in [-0.2, 0) is 6.61 Å². The lowest BCUT2D eigenvalue weighted by atomic mass is 9.83. The molecule has 1 aliphatic rings. The van der Waals surface area contributed by atoms with E-state index in [2.05, 4.69) is 47.2 Å². The Morgan fingerprint density at radius 3 is 2.66 bits per heavy atom. The smallest absolute Gasteiger partial charge is 0.141 e. The van der Waals surface area contributed by atoms with Gasteiger partial charge in [-0.3, -0.25) is 4.99 Å². The molecule has 0 N–H and O–H groups in total. The fraction of sp³-hybridized carbons (Fsp3) is 0.133. The molecule has 1 aliphatic heterocycles. The second kappa shape index (κ2) is 9.25. The van der Waals surface area contributed by atoms with E-state index in [0.717, 1.165) is 44.3 Å². The van der Waals surface area contributed by atoms with Gasteiger partial charge in [0.15, 0.2) is 0 Å². The minimum absolute atomic E-state index is 0.0815. The molecule has 1 aromatic heterocycles. The van der Waals surface area contributed by atoms with Gasteiger partial charge in [-0.25, -0.2) is 4.98 Å². The number of aromatic nitrogens is 1. The summed E-state index contributed by atoms with van der Waals surface area (Å²) >= 11 is 0. The predicted octanol–water partition coefficient (Wildman–Crippen LogP) is 6.66. The molecular weight excluding hydrogens is 432 g/mol. The maximum absolute atomic E-state index is 9.71. The molecule has 168 valence electrons. The molecule has 0 saturated heterocycles. The van der Waals surface area contributed by atoms with Gasteiger partial charge in [-0.15, -0.1) is 0 Å². The van der Waals surface area contributed by atoms with Crippen LogP contribution in [0, 0.1) is 22.7 Å². The first-order valence-corrected chi connectivity index (χ1v) is 11.4. The number of fused-ring (bicyclic) bond motifs is 6. The predicted molar refractivity (Wildman–Crippen MR) is 137 cm³/mol. The Balaban J connectivity index is 1.85. The summed E-state index contributed by atoms with van der Waals surface area (Å²) in [6, 6.07) is 26.2. The molecule has 0 spiro atoms. The molecule has 1 atom stereocenters. The molecule has 0 aliphatic carbocycles. The third-order valence-electron chi connectivity index (χ3n) is 6.29. The van der Waals surface area contributed by atoms with Gasteiger partial charge in [-0.1, -0.05) is 30.3 Å². The highest BCUT2D eigenvalue weighted by Crippen LogP contribution is 2.38. The molecule has 4 aromatic rings. The summed E-state index contributed by atoms with van der Waals surface area (Å²) in [7, 11) is 0. The Kier molecular flexibility index (Phi) is 5.83. The third-order valence-corrected chi connectivity index (χ3v) is 6.29. The number of nitrogens with zero attached hydrogens (tertiary/aromatic N) is 4. The number of pyridine rings is 1. The number of benzene rings is 3. The van der Waals surface area contributed by atoms with Crippen LogP contribution in [0.5, 0.6) is 5.75 Å². The summed E-state index contributed by atoms with van der Waals surface area (Å²) in [5.74, 6) is 0.613. The van der Waals surface area contributed by atoms with Crippen LogP contribution in [-0.4, -0.2) is 11.2 Å². The quantitative estimate of drug-likeness (QED) is 0.317. The summed E-state index contributed by atoms with van der Waals surface area (Å²) in [6.07, 6.45) is 3.64. The molecule has 5 heteroatoms. The van der Waals surface area contributed by atoms with Crippen molar-refractivity contribution < 1.29 is 4.74 Å². The van der Waals surface area contributed by atoms with Crippen LogP contribution in [0.1, 0.15) is 47.7 Å². The van der Waals surface area contributed by atoms with Gasteiger partial charge in [0, 0.05) is 29.3 Å². The van der Waals surface area contributed by atoms with Gasteiger partial charge in [0.2, 0.25) is 0 Å². The van der Waals surface area contributed by atoms with Gasteiger partial charge >= 0.3 is 0 Å². The summed E-state index contributed by atoms with van der Waals surface area (Å²) in [6.45, 7) is 4.23. The minimum atomic E-state index is -0.0815. The van der Waals surface area contributed by atoms with Crippen molar-refractivity contribution in [2.75, 3.05) is 0 Å². The van der Waals surface area contributed by atoms with Gasteiger partial charge in [0.25, 0.3) is 0 Å². The van der Waals surface area contributed by atoms with Gasteiger partial charge in [0.05, 0.1) is 17.1 Å². The summed E-state index contributed by atoms with van der Waals surface area (Å²) in [5, 5.41) is 20.3. The van der Waals surface area contributed by atoms with Crippen molar-refractivity contribution in [2.45, 2.75) is 26.4 Å². The van der Waals surface area contributed by atoms with Crippen LogP contribution < -0.4 is 4.74 Å². The summed E-state index contributed by atoms with van der Waals surface area (Å²) in [5.41, 5.74) is 7.62. The van der Waals surface area contributed by atoms with Gasteiger partial charge in [-0.2, -0.15) is 10.5 Å². The maximum atomic E-state index is 9.71. The van der Waals surface area contributed by atoms with E-state index in [9.17, 15) is 10.5 Å². The van der Waals surface area contributed by atoms with E-state index < -0.39 is 0 Å². The van der Waals surface area contributed by atoms with Crippen LogP contribution in [0.4, 0.5) is 0 Å². The molecule has 0 radical (unpaired) electrons. The average molecular weight is 455 g/mol. The maximum Gasteiger partial charge on any atom is 0.141 e. The van der Waals surface area contributed by atoms with Crippen LogP contribution in [0.15, 0.2) is 83.5 Å². The van der Waals surface area contributed by atoms with E-state index in [4.69, 9.17) is 4.74 Å². The zero-order valence-electron chi connectivity index (χ0n) is 19.5. The number of hydrogen-bond donors (Lipinski definition) is 0. The lowest BCUT2D eigenvalue weighted by molar-refractivity contribution is 0.306. The molecule has 0 amide bonds. The largest absolute Gasteiger partial charge is 0.489 e. The highest BCUT2D eigenvalue weighted by molar-refractivity contribution is 5.96. The van der Waals surface area contributed by atoms with Gasteiger partial charge < -0.3 is 4.74 Å². The summed E-state index contributed by atoms with van der Waals surface area (Å²) < 4.78 is 6.14. The minimum Gasteiger partial charge on any atom is -0.489 e. The fourth-order valence-electron chi connectivity index (χ4n) is 4.64. The Hall–Kier alpha value is -4.74. The molecule has 1 unspecified atom stereocenters. The number of allylic oxidation sites excluding steroid dienone is 1. The van der Waals surface area contributed by atoms with Crippen LogP contribution in [0.25, 0.3) is 22.0 Å². The van der Waals surface area contributed by atoms with Crippen molar-refractivity contribution in [3.63, 3.8) is 0 Å². The Morgan fingerprint density at radius 2 is 1.86 bits per heavy atom. The standard InChI is InChI=1S/C30H22N4O/c1-3-33-17-19(2)30-21-7-8-23(15-31)24(11-21)18-35-26-6-4-5-20(12-26)27-14-25(16-32)34-29-10-9-22(30)13-28(27)29/h3-14,17,30H,18H2,1-2H3/b19-17+,33-3?. The number of aliphatic imine (C=N–C) groups is 1. The van der Waals surface area contributed by atoms with Crippen molar-refractivity contribution in [1.82, 2.24) is 4.98 Å². The monoisotopic (exact) mass is 454 g/mol. The van der Waals surface area contributed by atoms with Crippen molar-refractivity contribution >= 4 is 17.1 Å². The van der Waals surface area contributed by atoms with E-state index in [1.807, 2.05) is 61.7 Å². The number of rotatable bonds is 2. The third kappa shape index (κ3) is 4.16. The summed E-state index contributed by atoms with van der Waals surface area (Å²) in [4.78, 5) is 8.93. The zero-order valence-corrected chi connectivity index (χ0v) is 19.5. The molecule has 2 heterocycles. The number of ether oxygens (including phenoxy) is 1. The van der Waals surface area contributed by atoms with Crippen molar-refractivity contribution in [2.24, 2.45) is 4.99 Å². The van der Waals surface area contributed by atoms with E-state index in [1.54, 1.807) is 6.21 Å². The van der Waals surface area contributed by atoms with Crippen LogP contribution in [0.3, 0.4) is 0 Å². The normalized spacial score (nSPS) is 15.0. The highest BCUT2D eigenvalue weighted by atomic mass is 16.5. The van der Waals surface area contributed by atoms with Gasteiger partial charge in [0.1, 0.15) is 24.1 Å². The van der Waals surface area contributed by atoms with E-state index in [-0.39, 0.29) is 12.5 Å². The second-order valence-corrected chi connectivity index (χ2v) is 8.50. The number of nitriles is 2. The van der Waals surface area contributed by atoms with E-state index >= 15 is 0 Å². The topological polar surface area (TPSA) is 82.1 Å². The molecule has 5 nitrogen and oxygen atoms in total. The molecular formula is C30H22N4O. The highest BCUT2D eigenvalue weighted by Gasteiger charge is 2.21. The Labute approximate surface area is 204 Å². The molecule has 0 fully saturated rings. The molecule has 3 aromatic carbocycles. The fourth-order valence-corrected chi connectivity index (χ4v) is 4.64. The second-order valence-electron chi connectivity index (χ2n) is 8.50. The van der Waals surface area contributed by atoms with E-state index in [0.29, 0.717) is 17.0 Å². The van der Waals surface area contributed by atoms with Crippen LogP contribution >= 0.6 is 0 Å². The molecule has 6 bridgehead atoms. The lowest BCUT2D eigenvalue weighted by Crippen LogP contribution is -2.06. The Bertz CT molecular complexity index is 1600. The Morgan fingerprint density at radius 1 is 1.03 bits per heavy atom. The van der Waals surface area contributed by atoms with Crippen LogP contribution in [0.2, 0.25) is 0 Å². The average Bonchev–Trinajstić information content (AvgIpc) is 2.90. The SMILES string of the molecule is CC=N/C=C(\C)C1c2ccc(C#N)c(c2)COc2cccc(c2)-c2cc(C#N)nc3ccc1cc23. The first kappa shape index (κ1) is 22.1. The van der Waals surface area contributed by atoms with Crippen molar-refractivity contribution in [3.05, 3.63) is 106 Å². The molecule has 35 heavy (non-hydrogen) atoms. The molecule has 0 saturated carbocycles. The molecule has 5 rings (SSSR count). The van der Waals surface area contributed by atoms with Crippen molar-refractivity contribution in [1.29, 1.82) is 10.5 Å². The first-order valence-electron chi connectivity index (χ1n) is 11.4. The number of hydrogen-bond acceptors (Lipinski definition) is 5. The zero-order chi connectivity index (χ0) is 24.4. The van der Waals surface area contributed by atoms with E-state index in [1.165, 1.54) is 0 Å². The van der Waals surface area contributed by atoms with Gasteiger partial charge in [-0.05, 0) is 78.1 Å². The van der Waals surface area contributed by atoms with Crippen molar-refractivity contribution in [3.8, 4) is 29.0 Å². The lowest BCUT2D eigenvalue weighted by Gasteiger charge is -2.21. The first-order chi connectivity index (χ1) is 17.1.